The number of amides is 1. The molecular weight excluding hydrogens is 352 g/mol. The second-order valence-electron chi connectivity index (χ2n) is 6.05. The Balaban J connectivity index is 1.68. The molecule has 3 aromatic carbocycles. The van der Waals surface area contributed by atoms with Crippen LogP contribution in [0.25, 0.3) is 0 Å². The number of para-hydroxylation sites is 1. The normalized spacial score (nSPS) is 10.2. The van der Waals surface area contributed by atoms with Gasteiger partial charge in [-0.1, -0.05) is 18.2 Å². The van der Waals surface area contributed by atoms with Crippen molar-refractivity contribution in [3.63, 3.8) is 0 Å². The molecule has 0 unspecified atom stereocenters. The Morgan fingerprint density at radius 2 is 1.36 bits per heavy atom. The van der Waals surface area contributed by atoms with Gasteiger partial charge in [-0.25, -0.2) is 0 Å². The zero-order valence-electron chi connectivity index (χ0n) is 16.1. The van der Waals surface area contributed by atoms with Crippen molar-refractivity contribution in [3.05, 3.63) is 78.4 Å². The second kappa shape index (κ2) is 9.46. The standard InChI is InChI=1S/C23H24N2O3/c1-3-27-21-15-10-17(16-22(21)28-4-2)23(26)25-20-13-11-19(12-14-20)24-18-8-6-5-7-9-18/h5-16,24H,3-4H2,1-2H3,(H,25,26). The van der Waals surface area contributed by atoms with Crippen molar-refractivity contribution >= 4 is 23.0 Å². The van der Waals surface area contributed by atoms with E-state index in [1.54, 1.807) is 18.2 Å². The molecule has 0 saturated heterocycles. The first kappa shape index (κ1) is 19.3. The van der Waals surface area contributed by atoms with Gasteiger partial charge in [0.25, 0.3) is 5.91 Å². The molecule has 5 nitrogen and oxygen atoms in total. The minimum atomic E-state index is -0.201. The molecular formula is C23H24N2O3. The number of benzene rings is 3. The molecule has 0 aliphatic heterocycles. The van der Waals surface area contributed by atoms with Gasteiger partial charge < -0.3 is 20.1 Å². The third-order valence-electron chi connectivity index (χ3n) is 4.01. The molecule has 0 atom stereocenters. The highest BCUT2D eigenvalue weighted by Gasteiger charge is 2.12. The first-order valence-corrected chi connectivity index (χ1v) is 9.32. The Bertz CT molecular complexity index is 909. The topological polar surface area (TPSA) is 59.6 Å². The van der Waals surface area contributed by atoms with Gasteiger partial charge >= 0.3 is 0 Å². The summed E-state index contributed by atoms with van der Waals surface area (Å²) in [5, 5.41) is 6.22. The van der Waals surface area contributed by atoms with E-state index in [1.165, 1.54) is 0 Å². The van der Waals surface area contributed by atoms with Gasteiger partial charge in [-0.2, -0.15) is 0 Å². The summed E-state index contributed by atoms with van der Waals surface area (Å²) >= 11 is 0. The molecule has 1 amide bonds. The fraction of sp³-hybridized carbons (Fsp3) is 0.174. The Labute approximate surface area is 165 Å². The number of anilines is 3. The molecule has 144 valence electrons. The summed E-state index contributed by atoms with van der Waals surface area (Å²) < 4.78 is 11.1. The number of carbonyl (C=O) groups is 1. The van der Waals surface area contributed by atoms with Gasteiger partial charge in [0, 0.05) is 22.6 Å². The van der Waals surface area contributed by atoms with Crippen LogP contribution in [0.1, 0.15) is 24.2 Å². The van der Waals surface area contributed by atoms with E-state index in [2.05, 4.69) is 10.6 Å². The van der Waals surface area contributed by atoms with E-state index in [0.29, 0.717) is 30.3 Å². The van der Waals surface area contributed by atoms with E-state index in [0.717, 1.165) is 17.1 Å². The van der Waals surface area contributed by atoms with Crippen LogP contribution < -0.4 is 20.1 Å². The van der Waals surface area contributed by atoms with Crippen molar-refractivity contribution in [2.45, 2.75) is 13.8 Å². The molecule has 0 aliphatic rings. The van der Waals surface area contributed by atoms with Crippen LogP contribution in [0.2, 0.25) is 0 Å². The molecule has 0 aliphatic carbocycles. The fourth-order valence-electron chi connectivity index (χ4n) is 2.72. The lowest BCUT2D eigenvalue weighted by Gasteiger charge is -2.13. The maximum Gasteiger partial charge on any atom is 0.255 e. The van der Waals surface area contributed by atoms with E-state index < -0.39 is 0 Å². The van der Waals surface area contributed by atoms with Gasteiger partial charge in [-0.15, -0.1) is 0 Å². The average molecular weight is 376 g/mol. The van der Waals surface area contributed by atoms with Gasteiger partial charge in [0.15, 0.2) is 11.5 Å². The minimum absolute atomic E-state index is 0.201. The number of hydrogen-bond donors (Lipinski definition) is 2. The Morgan fingerprint density at radius 3 is 2.04 bits per heavy atom. The molecule has 3 aromatic rings. The van der Waals surface area contributed by atoms with Crippen molar-refractivity contribution in [1.82, 2.24) is 0 Å². The smallest absolute Gasteiger partial charge is 0.255 e. The predicted octanol–water partition coefficient (Wildman–Crippen LogP) is 5.48. The quantitative estimate of drug-likeness (QED) is 0.546. The summed E-state index contributed by atoms with van der Waals surface area (Å²) in [7, 11) is 0. The van der Waals surface area contributed by atoms with Crippen molar-refractivity contribution in [3.8, 4) is 11.5 Å². The molecule has 0 heterocycles. The highest BCUT2D eigenvalue weighted by Crippen LogP contribution is 2.29. The molecule has 0 radical (unpaired) electrons. The highest BCUT2D eigenvalue weighted by molar-refractivity contribution is 6.04. The molecule has 5 heteroatoms. The van der Waals surface area contributed by atoms with Gasteiger partial charge in [0.05, 0.1) is 13.2 Å². The summed E-state index contributed by atoms with van der Waals surface area (Å²) in [5.41, 5.74) is 3.19. The third kappa shape index (κ3) is 5.04. The van der Waals surface area contributed by atoms with Crippen molar-refractivity contribution < 1.29 is 14.3 Å². The predicted molar refractivity (Wildman–Crippen MR) is 113 cm³/mol. The van der Waals surface area contributed by atoms with Crippen molar-refractivity contribution in [1.29, 1.82) is 0 Å². The first-order chi connectivity index (χ1) is 13.7. The SMILES string of the molecule is CCOc1ccc(C(=O)Nc2ccc(Nc3ccccc3)cc2)cc1OCC. The summed E-state index contributed by atoms with van der Waals surface area (Å²) in [6.45, 7) is 4.84. The van der Waals surface area contributed by atoms with Crippen LogP contribution in [0, 0.1) is 0 Å². The van der Waals surface area contributed by atoms with Crippen LogP contribution in [0.4, 0.5) is 17.1 Å². The largest absolute Gasteiger partial charge is 0.490 e. The van der Waals surface area contributed by atoms with E-state index in [9.17, 15) is 4.79 Å². The Kier molecular flexibility index (Phi) is 6.52. The Morgan fingerprint density at radius 1 is 0.750 bits per heavy atom. The maximum absolute atomic E-state index is 12.6. The van der Waals surface area contributed by atoms with Crippen molar-refractivity contribution in [2.75, 3.05) is 23.8 Å². The number of hydrogen-bond acceptors (Lipinski definition) is 4. The zero-order chi connectivity index (χ0) is 19.8. The third-order valence-corrected chi connectivity index (χ3v) is 4.01. The summed E-state index contributed by atoms with van der Waals surface area (Å²) in [4.78, 5) is 12.6. The number of rotatable bonds is 8. The molecule has 28 heavy (non-hydrogen) atoms. The second-order valence-corrected chi connectivity index (χ2v) is 6.05. The highest BCUT2D eigenvalue weighted by atomic mass is 16.5. The summed E-state index contributed by atoms with van der Waals surface area (Å²) in [6.07, 6.45) is 0. The molecule has 2 N–H and O–H groups in total. The van der Waals surface area contributed by atoms with E-state index in [4.69, 9.17) is 9.47 Å². The van der Waals surface area contributed by atoms with Crippen LogP contribution in [0.5, 0.6) is 11.5 Å². The maximum atomic E-state index is 12.6. The molecule has 0 saturated carbocycles. The molecule has 0 fully saturated rings. The van der Waals surface area contributed by atoms with Crippen molar-refractivity contribution in [2.24, 2.45) is 0 Å². The van der Waals surface area contributed by atoms with Gasteiger partial charge in [-0.05, 0) is 68.4 Å². The minimum Gasteiger partial charge on any atom is -0.490 e. The van der Waals surface area contributed by atoms with E-state index >= 15 is 0 Å². The summed E-state index contributed by atoms with van der Waals surface area (Å²) in [6, 6.07) is 22.7. The van der Waals surface area contributed by atoms with Gasteiger partial charge in [0.1, 0.15) is 0 Å². The van der Waals surface area contributed by atoms with Crippen LogP contribution in [-0.2, 0) is 0 Å². The van der Waals surface area contributed by atoms with Crippen LogP contribution in [-0.4, -0.2) is 19.1 Å². The number of carbonyl (C=O) groups excluding carboxylic acids is 1. The molecule has 0 spiro atoms. The number of nitrogens with one attached hydrogen (secondary N) is 2. The van der Waals surface area contributed by atoms with Gasteiger partial charge in [-0.3, -0.25) is 4.79 Å². The molecule has 0 bridgehead atoms. The first-order valence-electron chi connectivity index (χ1n) is 9.32. The average Bonchev–Trinajstić information content (AvgIpc) is 2.72. The molecule has 3 rings (SSSR count). The zero-order valence-corrected chi connectivity index (χ0v) is 16.1. The van der Waals surface area contributed by atoms with Crippen LogP contribution >= 0.6 is 0 Å². The number of ether oxygens (including phenoxy) is 2. The lowest BCUT2D eigenvalue weighted by atomic mass is 10.1. The van der Waals surface area contributed by atoms with Crippen LogP contribution in [0.3, 0.4) is 0 Å². The van der Waals surface area contributed by atoms with Crippen LogP contribution in [0.15, 0.2) is 72.8 Å². The van der Waals surface area contributed by atoms with Gasteiger partial charge in [0.2, 0.25) is 0 Å². The lowest BCUT2D eigenvalue weighted by molar-refractivity contribution is 0.102. The van der Waals surface area contributed by atoms with E-state index in [1.807, 2.05) is 68.4 Å². The lowest BCUT2D eigenvalue weighted by Crippen LogP contribution is -2.12. The molecule has 0 aromatic heterocycles. The monoisotopic (exact) mass is 376 g/mol. The Hall–Kier alpha value is -3.47. The summed E-state index contributed by atoms with van der Waals surface area (Å²) in [5.74, 6) is 1.00. The fourth-order valence-corrected chi connectivity index (χ4v) is 2.72. The van der Waals surface area contributed by atoms with E-state index in [-0.39, 0.29) is 5.91 Å².